The van der Waals surface area contributed by atoms with E-state index < -0.39 is 30.1 Å². The van der Waals surface area contributed by atoms with Crippen LogP contribution in [-0.4, -0.2) is 59.8 Å². The summed E-state index contributed by atoms with van der Waals surface area (Å²) in [7, 11) is 0. The lowest BCUT2D eigenvalue weighted by Gasteiger charge is -2.37. The fraction of sp³-hybridized carbons (Fsp3) is 0.364. The van der Waals surface area contributed by atoms with Gasteiger partial charge in [-0.1, -0.05) is 85.8 Å². The van der Waals surface area contributed by atoms with Gasteiger partial charge in [-0.15, -0.1) is 0 Å². The molecule has 2 N–H and O–H groups in total. The van der Waals surface area contributed by atoms with E-state index in [2.05, 4.69) is 17.4 Å². The first-order chi connectivity index (χ1) is 19.8. The number of piperidine rings is 1. The Hall–Kier alpha value is -4.17. The van der Waals surface area contributed by atoms with Crippen molar-refractivity contribution < 1.29 is 29.0 Å². The van der Waals surface area contributed by atoms with E-state index in [0.717, 1.165) is 27.8 Å². The number of carbonyl (C=O) groups is 3. The van der Waals surface area contributed by atoms with Crippen LogP contribution in [-0.2, 0) is 25.7 Å². The molecule has 1 saturated heterocycles. The van der Waals surface area contributed by atoms with E-state index in [4.69, 9.17) is 9.47 Å². The van der Waals surface area contributed by atoms with Gasteiger partial charge in [0.05, 0.1) is 18.6 Å². The van der Waals surface area contributed by atoms with E-state index in [9.17, 15) is 19.5 Å². The number of carboxylic acids is 1. The smallest absolute Gasteiger partial charge is 0.407 e. The molecule has 4 atom stereocenters. The van der Waals surface area contributed by atoms with Crippen LogP contribution in [0.1, 0.15) is 42.9 Å². The SMILES string of the molecule is CC1CC(C(=O)O)CN(C(=O)C(NC(=O)OCC2c3ccccc3-c3ccccc32)C(C)OCc2ccccc2)C1. The van der Waals surface area contributed by atoms with E-state index in [0.29, 0.717) is 13.0 Å². The van der Waals surface area contributed by atoms with Gasteiger partial charge in [0, 0.05) is 19.0 Å². The summed E-state index contributed by atoms with van der Waals surface area (Å²) >= 11 is 0. The van der Waals surface area contributed by atoms with Gasteiger partial charge in [-0.25, -0.2) is 4.79 Å². The molecule has 0 radical (unpaired) electrons. The average Bonchev–Trinajstić information content (AvgIpc) is 3.31. The lowest BCUT2D eigenvalue weighted by atomic mass is 9.90. The second-order valence-corrected chi connectivity index (χ2v) is 11.1. The lowest BCUT2D eigenvalue weighted by molar-refractivity contribution is -0.148. The van der Waals surface area contributed by atoms with Gasteiger partial charge in [-0.3, -0.25) is 9.59 Å². The number of carboxylic acid groups (broad SMARTS) is 1. The van der Waals surface area contributed by atoms with E-state index in [1.165, 1.54) is 4.90 Å². The van der Waals surface area contributed by atoms with Crippen LogP contribution in [0.15, 0.2) is 78.9 Å². The van der Waals surface area contributed by atoms with Gasteiger partial charge in [0.1, 0.15) is 12.6 Å². The van der Waals surface area contributed by atoms with Crippen molar-refractivity contribution in [2.45, 2.75) is 44.9 Å². The van der Waals surface area contributed by atoms with Crippen LogP contribution in [0.2, 0.25) is 0 Å². The molecule has 8 heteroatoms. The topological polar surface area (TPSA) is 105 Å². The molecule has 4 unspecified atom stereocenters. The van der Waals surface area contributed by atoms with Crippen molar-refractivity contribution >= 4 is 18.0 Å². The second-order valence-electron chi connectivity index (χ2n) is 11.1. The molecular weight excluding hydrogens is 520 g/mol. The van der Waals surface area contributed by atoms with Gasteiger partial charge >= 0.3 is 12.1 Å². The van der Waals surface area contributed by atoms with E-state index in [-0.39, 0.29) is 37.5 Å². The first-order valence-electron chi connectivity index (χ1n) is 14.1. The molecule has 1 aliphatic heterocycles. The highest BCUT2D eigenvalue weighted by molar-refractivity contribution is 5.87. The molecule has 0 spiro atoms. The van der Waals surface area contributed by atoms with Crippen molar-refractivity contribution in [1.82, 2.24) is 10.2 Å². The molecule has 5 rings (SSSR count). The Balaban J connectivity index is 1.30. The number of nitrogens with one attached hydrogen (secondary N) is 1. The van der Waals surface area contributed by atoms with Crippen molar-refractivity contribution in [3.63, 3.8) is 0 Å². The van der Waals surface area contributed by atoms with Crippen LogP contribution in [0.3, 0.4) is 0 Å². The zero-order valence-electron chi connectivity index (χ0n) is 23.4. The van der Waals surface area contributed by atoms with Gasteiger partial charge in [-0.2, -0.15) is 0 Å². The maximum absolute atomic E-state index is 13.8. The van der Waals surface area contributed by atoms with Crippen LogP contribution in [0.4, 0.5) is 4.79 Å². The van der Waals surface area contributed by atoms with Crippen molar-refractivity contribution in [1.29, 1.82) is 0 Å². The van der Waals surface area contributed by atoms with Crippen molar-refractivity contribution in [3.05, 3.63) is 95.6 Å². The summed E-state index contributed by atoms with van der Waals surface area (Å²) in [4.78, 5) is 40.2. The monoisotopic (exact) mass is 556 g/mol. The van der Waals surface area contributed by atoms with Gasteiger partial charge < -0.3 is 24.8 Å². The van der Waals surface area contributed by atoms with Gasteiger partial charge in [-0.05, 0) is 47.1 Å². The largest absolute Gasteiger partial charge is 0.481 e. The molecular formula is C33H36N2O6. The predicted molar refractivity (Wildman–Crippen MR) is 154 cm³/mol. The van der Waals surface area contributed by atoms with Gasteiger partial charge in [0.15, 0.2) is 0 Å². The Morgan fingerprint density at radius 1 is 0.927 bits per heavy atom. The van der Waals surface area contributed by atoms with Crippen LogP contribution in [0.5, 0.6) is 0 Å². The Labute approximate surface area is 240 Å². The minimum absolute atomic E-state index is 0.0180. The Kier molecular flexibility index (Phi) is 8.69. The fourth-order valence-electron chi connectivity index (χ4n) is 5.95. The summed E-state index contributed by atoms with van der Waals surface area (Å²) in [6.07, 6.45) is -0.909. The van der Waals surface area contributed by atoms with Crippen LogP contribution >= 0.6 is 0 Å². The Bertz CT molecular complexity index is 1350. The normalized spacial score (nSPS) is 19.5. The van der Waals surface area contributed by atoms with E-state index in [1.54, 1.807) is 6.92 Å². The molecule has 1 fully saturated rings. The molecule has 41 heavy (non-hydrogen) atoms. The quantitative estimate of drug-likeness (QED) is 0.381. The minimum Gasteiger partial charge on any atom is -0.481 e. The number of nitrogens with zero attached hydrogens (tertiary/aromatic N) is 1. The number of fused-ring (bicyclic) bond motifs is 3. The summed E-state index contributed by atoms with van der Waals surface area (Å²) in [6.45, 7) is 4.54. The maximum atomic E-state index is 13.8. The summed E-state index contributed by atoms with van der Waals surface area (Å²) in [6, 6.07) is 24.7. The number of carbonyl (C=O) groups excluding carboxylic acids is 2. The second kappa shape index (κ2) is 12.6. The van der Waals surface area contributed by atoms with Crippen LogP contribution in [0, 0.1) is 11.8 Å². The number of benzene rings is 3. The van der Waals surface area contributed by atoms with Crippen molar-refractivity contribution in [2.75, 3.05) is 19.7 Å². The molecule has 0 bridgehead atoms. The number of alkyl carbamates (subject to hydrolysis) is 1. The zero-order chi connectivity index (χ0) is 28.9. The maximum Gasteiger partial charge on any atom is 0.407 e. The summed E-state index contributed by atoms with van der Waals surface area (Å²) in [5.41, 5.74) is 5.37. The number of aliphatic carboxylic acids is 1. The number of hydrogen-bond donors (Lipinski definition) is 2. The molecule has 1 aliphatic carbocycles. The zero-order valence-corrected chi connectivity index (χ0v) is 23.4. The highest BCUT2D eigenvalue weighted by atomic mass is 16.5. The van der Waals surface area contributed by atoms with Crippen molar-refractivity contribution in [3.8, 4) is 11.1 Å². The highest BCUT2D eigenvalue weighted by Gasteiger charge is 2.38. The molecule has 3 aromatic carbocycles. The molecule has 1 heterocycles. The third-order valence-electron chi connectivity index (χ3n) is 8.03. The molecule has 0 saturated carbocycles. The third-order valence-corrected chi connectivity index (χ3v) is 8.03. The molecule has 2 amide bonds. The fourth-order valence-corrected chi connectivity index (χ4v) is 5.95. The summed E-state index contributed by atoms with van der Waals surface area (Å²) in [5.74, 6) is -2.06. The number of hydrogen-bond acceptors (Lipinski definition) is 5. The number of rotatable bonds is 9. The van der Waals surface area contributed by atoms with Crippen LogP contribution in [0.25, 0.3) is 11.1 Å². The Morgan fingerprint density at radius 2 is 1.54 bits per heavy atom. The van der Waals surface area contributed by atoms with Gasteiger partial charge in [0.25, 0.3) is 0 Å². The number of ether oxygens (including phenoxy) is 2. The number of amides is 2. The van der Waals surface area contributed by atoms with E-state index in [1.807, 2.05) is 73.7 Å². The van der Waals surface area contributed by atoms with E-state index >= 15 is 0 Å². The number of likely N-dealkylation sites (tertiary alicyclic amines) is 1. The summed E-state index contributed by atoms with van der Waals surface area (Å²) in [5, 5.41) is 12.4. The van der Waals surface area contributed by atoms with Crippen LogP contribution < -0.4 is 5.32 Å². The highest BCUT2D eigenvalue weighted by Crippen LogP contribution is 2.44. The average molecular weight is 557 g/mol. The molecule has 3 aromatic rings. The molecule has 214 valence electrons. The Morgan fingerprint density at radius 3 is 2.17 bits per heavy atom. The minimum atomic E-state index is -1.05. The molecule has 8 nitrogen and oxygen atoms in total. The predicted octanol–water partition coefficient (Wildman–Crippen LogP) is 5.07. The standard InChI is InChI=1S/C33H36N2O6/c1-21-16-24(32(37)38)18-35(17-21)31(36)30(22(2)40-19-23-10-4-3-5-11-23)34-33(39)41-20-29-27-14-8-6-12-25(27)26-13-7-9-15-28(26)29/h3-15,21-22,24,29-30H,16-20H2,1-2H3,(H,34,39)(H,37,38). The molecule has 2 aliphatic rings. The summed E-state index contributed by atoms with van der Waals surface area (Å²) < 4.78 is 11.8. The van der Waals surface area contributed by atoms with Crippen molar-refractivity contribution in [2.24, 2.45) is 11.8 Å². The first kappa shape index (κ1) is 28.4. The third kappa shape index (κ3) is 6.43. The lowest BCUT2D eigenvalue weighted by Crippen LogP contribution is -2.57. The van der Waals surface area contributed by atoms with Gasteiger partial charge in [0.2, 0.25) is 5.91 Å². The first-order valence-corrected chi connectivity index (χ1v) is 14.1. The molecule has 0 aromatic heterocycles.